The minimum atomic E-state index is -4.43. The third kappa shape index (κ3) is 4.08. The van der Waals surface area contributed by atoms with E-state index in [1.807, 2.05) is 17.8 Å². The zero-order chi connectivity index (χ0) is 24.3. The Bertz CT molecular complexity index is 1260. The van der Waals surface area contributed by atoms with Gasteiger partial charge in [-0.25, -0.2) is 9.31 Å². The first kappa shape index (κ1) is 22.6. The van der Waals surface area contributed by atoms with Crippen molar-refractivity contribution in [3.05, 3.63) is 42.6 Å². The number of hydrogen-bond acceptors (Lipinski definition) is 5. The number of aromatic nitrogens is 4. The highest BCUT2D eigenvalue weighted by Gasteiger charge is 2.55. The van der Waals surface area contributed by atoms with Crippen LogP contribution in [-0.2, 0) is 7.05 Å². The van der Waals surface area contributed by atoms with Gasteiger partial charge in [0.2, 0.25) is 0 Å². The van der Waals surface area contributed by atoms with Crippen molar-refractivity contribution in [3.8, 4) is 0 Å². The predicted molar refractivity (Wildman–Crippen MR) is 118 cm³/mol. The van der Waals surface area contributed by atoms with Crippen LogP contribution in [0.5, 0.6) is 0 Å². The molecule has 34 heavy (non-hydrogen) atoms. The maximum absolute atomic E-state index is 12.9. The molecule has 2 aliphatic rings. The van der Waals surface area contributed by atoms with Gasteiger partial charge in [0.25, 0.3) is 5.91 Å². The molecule has 3 aromatic heterocycles. The molecule has 0 atom stereocenters. The van der Waals surface area contributed by atoms with Crippen LogP contribution in [0.2, 0.25) is 0 Å². The Balaban J connectivity index is 1.14. The molecule has 1 aliphatic heterocycles. The first-order valence-electron chi connectivity index (χ1n) is 10.6. The number of pyridine rings is 1. The van der Waals surface area contributed by atoms with Gasteiger partial charge >= 0.3 is 11.5 Å². The highest BCUT2D eigenvalue weighted by Crippen LogP contribution is 2.50. The number of nitrogens with one attached hydrogen (secondary N) is 1. The van der Waals surface area contributed by atoms with E-state index in [0.29, 0.717) is 18.7 Å². The molecule has 13 heteroatoms. The number of halogens is 3. The number of likely N-dealkylation sites (tertiary alicyclic amines) is 1. The minimum absolute atomic E-state index is 0.000175. The number of thioether (sulfide) groups is 1. The number of carbonyl (C=O) groups is 2. The maximum Gasteiger partial charge on any atom is 0.446 e. The van der Waals surface area contributed by atoms with Crippen LogP contribution in [0.4, 0.5) is 23.7 Å². The van der Waals surface area contributed by atoms with E-state index in [4.69, 9.17) is 0 Å². The lowest BCUT2D eigenvalue weighted by Gasteiger charge is -2.60. The molecule has 9 nitrogen and oxygen atoms in total. The van der Waals surface area contributed by atoms with Gasteiger partial charge in [0.1, 0.15) is 11.2 Å². The summed E-state index contributed by atoms with van der Waals surface area (Å²) in [5, 5.41) is 6.83. The van der Waals surface area contributed by atoms with Crippen molar-refractivity contribution in [1.29, 1.82) is 0 Å². The maximum atomic E-state index is 12.9. The standard InChI is InChI=1S/C21H22F3N7O2S/c1-28-3-4-31-17(28)16(10-26-31)18(32)30-11-20(12-30)6-14(7-20)29(2)19(33)27-13-5-15(9-25-8-13)34-21(22,23)24/h3-5,8-10,14H,6-7,11-12H2,1-2H3,(H,27,33). The molecule has 1 aliphatic carbocycles. The Morgan fingerprint density at radius 1 is 1.21 bits per heavy atom. The Morgan fingerprint density at radius 3 is 2.65 bits per heavy atom. The summed E-state index contributed by atoms with van der Waals surface area (Å²) in [6, 6.07) is 0.831. The number of carbonyl (C=O) groups excluding carboxylic acids is 2. The van der Waals surface area contributed by atoms with Crippen molar-refractivity contribution in [2.24, 2.45) is 12.5 Å². The van der Waals surface area contributed by atoms with Crippen LogP contribution in [0.15, 0.2) is 41.9 Å². The number of alkyl halides is 3. The quantitative estimate of drug-likeness (QED) is 0.563. The van der Waals surface area contributed by atoms with E-state index in [9.17, 15) is 22.8 Å². The lowest BCUT2D eigenvalue weighted by atomic mass is 9.60. The van der Waals surface area contributed by atoms with Gasteiger partial charge in [-0.2, -0.15) is 18.3 Å². The molecule has 0 aromatic carbocycles. The summed E-state index contributed by atoms with van der Waals surface area (Å²) in [7, 11) is 3.53. The van der Waals surface area contributed by atoms with Gasteiger partial charge < -0.3 is 19.7 Å². The molecule has 1 saturated carbocycles. The summed E-state index contributed by atoms with van der Waals surface area (Å²) < 4.78 is 41.2. The van der Waals surface area contributed by atoms with E-state index in [1.54, 1.807) is 33.8 Å². The lowest BCUT2D eigenvalue weighted by molar-refractivity contribution is -0.0787. The molecule has 0 radical (unpaired) electrons. The topological polar surface area (TPSA) is 87.8 Å². The van der Waals surface area contributed by atoms with Crippen molar-refractivity contribution in [1.82, 2.24) is 29.0 Å². The second-order valence-electron chi connectivity index (χ2n) is 8.96. The number of rotatable bonds is 4. The molecule has 0 bridgehead atoms. The third-order valence-electron chi connectivity index (χ3n) is 6.51. The fraction of sp³-hybridized carbons (Fsp3) is 0.429. The molecule has 4 heterocycles. The van der Waals surface area contributed by atoms with E-state index in [2.05, 4.69) is 15.4 Å². The molecule has 2 fully saturated rings. The SMILES string of the molecule is CN(C(=O)Nc1cncc(SC(F)(F)F)c1)C1CC2(C1)CN(C(=O)c1cnn3ccn(C)c13)C2. The van der Waals surface area contributed by atoms with Gasteiger partial charge in [-0.05, 0) is 30.7 Å². The third-order valence-corrected chi connectivity index (χ3v) is 7.20. The fourth-order valence-corrected chi connectivity index (χ4v) is 5.37. The van der Waals surface area contributed by atoms with Crippen molar-refractivity contribution in [2.75, 3.05) is 25.5 Å². The molecular formula is C21H22F3N7O2S. The Labute approximate surface area is 196 Å². The van der Waals surface area contributed by atoms with Gasteiger partial charge in [-0.1, -0.05) is 0 Å². The van der Waals surface area contributed by atoms with Crippen LogP contribution in [0.3, 0.4) is 0 Å². The number of aryl methyl sites for hydroxylation is 1. The second-order valence-corrected chi connectivity index (χ2v) is 10.1. The van der Waals surface area contributed by atoms with Crippen LogP contribution in [-0.4, -0.2) is 72.6 Å². The Kier molecular flexibility index (Phi) is 5.26. The molecule has 180 valence electrons. The summed E-state index contributed by atoms with van der Waals surface area (Å²) in [6.07, 6.45) is 9.15. The molecular weight excluding hydrogens is 471 g/mol. The Hall–Kier alpha value is -3.22. The number of imidazole rings is 1. The summed E-state index contributed by atoms with van der Waals surface area (Å²) in [4.78, 5) is 32.6. The number of nitrogens with zero attached hydrogens (tertiary/aromatic N) is 6. The summed E-state index contributed by atoms with van der Waals surface area (Å²) in [5.41, 5.74) is -2.91. The van der Waals surface area contributed by atoms with E-state index in [0.717, 1.165) is 24.7 Å². The van der Waals surface area contributed by atoms with Gasteiger partial charge in [0.05, 0.1) is 18.1 Å². The molecule has 1 saturated heterocycles. The predicted octanol–water partition coefficient (Wildman–Crippen LogP) is 3.45. The number of anilines is 1. The van der Waals surface area contributed by atoms with E-state index in [-0.39, 0.29) is 39.7 Å². The zero-order valence-corrected chi connectivity index (χ0v) is 19.2. The average molecular weight is 494 g/mol. The molecule has 1 spiro atoms. The van der Waals surface area contributed by atoms with Gasteiger partial charge in [-0.15, -0.1) is 0 Å². The van der Waals surface area contributed by atoms with Gasteiger partial charge in [0, 0.05) is 62.1 Å². The van der Waals surface area contributed by atoms with Crippen LogP contribution in [0, 0.1) is 5.41 Å². The van der Waals surface area contributed by atoms with Crippen LogP contribution in [0.1, 0.15) is 23.2 Å². The Morgan fingerprint density at radius 2 is 1.94 bits per heavy atom. The van der Waals surface area contributed by atoms with E-state index < -0.39 is 11.5 Å². The number of amides is 3. The molecule has 0 unspecified atom stereocenters. The van der Waals surface area contributed by atoms with Crippen molar-refractivity contribution < 1.29 is 22.8 Å². The van der Waals surface area contributed by atoms with Crippen molar-refractivity contribution in [2.45, 2.75) is 29.3 Å². The normalized spacial score (nSPS) is 17.5. The fourth-order valence-electron chi connectivity index (χ4n) is 4.80. The molecule has 1 N–H and O–H groups in total. The van der Waals surface area contributed by atoms with E-state index >= 15 is 0 Å². The van der Waals surface area contributed by atoms with E-state index in [1.165, 1.54) is 12.3 Å². The summed E-state index contributed by atoms with van der Waals surface area (Å²) in [5.74, 6) is -0.0546. The summed E-state index contributed by atoms with van der Waals surface area (Å²) >= 11 is -0.280. The van der Waals surface area contributed by atoms with Crippen molar-refractivity contribution >= 4 is 35.0 Å². The largest absolute Gasteiger partial charge is 0.446 e. The second kappa shape index (κ2) is 7.93. The summed E-state index contributed by atoms with van der Waals surface area (Å²) in [6.45, 7) is 1.25. The number of fused-ring (bicyclic) bond motifs is 1. The van der Waals surface area contributed by atoms with Crippen LogP contribution in [0.25, 0.3) is 5.65 Å². The highest BCUT2D eigenvalue weighted by atomic mass is 32.2. The van der Waals surface area contributed by atoms with Gasteiger partial charge in [-0.3, -0.25) is 9.78 Å². The van der Waals surface area contributed by atoms with Crippen LogP contribution >= 0.6 is 11.8 Å². The van der Waals surface area contributed by atoms with Crippen LogP contribution < -0.4 is 5.32 Å². The molecule has 3 aromatic rings. The smallest absolute Gasteiger partial charge is 0.337 e. The number of urea groups is 1. The average Bonchev–Trinajstić information content (AvgIpc) is 3.27. The first-order valence-corrected chi connectivity index (χ1v) is 11.4. The zero-order valence-electron chi connectivity index (χ0n) is 18.4. The molecule has 3 amide bonds. The minimum Gasteiger partial charge on any atom is -0.337 e. The monoisotopic (exact) mass is 493 g/mol. The number of hydrogen-bond donors (Lipinski definition) is 1. The van der Waals surface area contributed by atoms with Crippen molar-refractivity contribution in [3.63, 3.8) is 0 Å². The van der Waals surface area contributed by atoms with Gasteiger partial charge in [0.15, 0.2) is 0 Å². The lowest BCUT2D eigenvalue weighted by Crippen LogP contribution is -2.67. The highest BCUT2D eigenvalue weighted by molar-refractivity contribution is 8.00. The molecule has 5 rings (SSSR count). The first-order chi connectivity index (χ1) is 16.0.